The summed E-state index contributed by atoms with van der Waals surface area (Å²) in [7, 11) is 3.13. The maximum atomic E-state index is 12.3. The van der Waals surface area contributed by atoms with Crippen LogP contribution in [0.1, 0.15) is 15.9 Å². The standard InChI is InChI=1S/C16H16BrNO3/c1-10-4-6-12(13(17)8-10)16(19)18-14-7-5-11(20-2)9-15(14)21-3/h4-9H,1-3H3,(H,18,19). The van der Waals surface area contributed by atoms with Gasteiger partial charge in [-0.15, -0.1) is 0 Å². The Balaban J connectivity index is 2.27. The number of hydrogen-bond donors (Lipinski definition) is 1. The van der Waals surface area contributed by atoms with Crippen LogP contribution in [0.3, 0.4) is 0 Å². The molecule has 0 atom stereocenters. The lowest BCUT2D eigenvalue weighted by Crippen LogP contribution is -2.13. The molecule has 0 saturated carbocycles. The molecule has 0 aliphatic carbocycles. The van der Waals surface area contributed by atoms with E-state index in [-0.39, 0.29) is 5.91 Å². The number of aryl methyl sites for hydroxylation is 1. The van der Waals surface area contributed by atoms with Crippen molar-refractivity contribution in [2.75, 3.05) is 19.5 Å². The van der Waals surface area contributed by atoms with E-state index in [4.69, 9.17) is 9.47 Å². The van der Waals surface area contributed by atoms with Crippen LogP contribution in [0.15, 0.2) is 40.9 Å². The van der Waals surface area contributed by atoms with E-state index in [0.29, 0.717) is 22.7 Å². The van der Waals surface area contributed by atoms with Crippen LogP contribution in [0.4, 0.5) is 5.69 Å². The van der Waals surface area contributed by atoms with E-state index in [9.17, 15) is 4.79 Å². The summed E-state index contributed by atoms with van der Waals surface area (Å²) in [6.45, 7) is 1.97. The highest BCUT2D eigenvalue weighted by molar-refractivity contribution is 9.10. The number of nitrogens with one attached hydrogen (secondary N) is 1. The molecule has 110 valence electrons. The van der Waals surface area contributed by atoms with Crippen molar-refractivity contribution in [2.45, 2.75) is 6.92 Å². The van der Waals surface area contributed by atoms with Crippen LogP contribution in [-0.2, 0) is 0 Å². The largest absolute Gasteiger partial charge is 0.497 e. The second kappa shape index (κ2) is 6.63. The number of hydrogen-bond acceptors (Lipinski definition) is 3. The van der Waals surface area contributed by atoms with Crippen molar-refractivity contribution in [1.29, 1.82) is 0 Å². The van der Waals surface area contributed by atoms with Crippen LogP contribution in [0.2, 0.25) is 0 Å². The Hall–Kier alpha value is -2.01. The van der Waals surface area contributed by atoms with E-state index in [1.54, 1.807) is 38.5 Å². The molecule has 4 nitrogen and oxygen atoms in total. The maximum Gasteiger partial charge on any atom is 0.256 e. The smallest absolute Gasteiger partial charge is 0.256 e. The quantitative estimate of drug-likeness (QED) is 0.906. The highest BCUT2D eigenvalue weighted by Crippen LogP contribution is 2.30. The van der Waals surface area contributed by atoms with E-state index in [1.807, 2.05) is 19.1 Å². The van der Waals surface area contributed by atoms with Gasteiger partial charge in [-0.05, 0) is 52.7 Å². The summed E-state index contributed by atoms with van der Waals surface area (Å²) in [6, 6.07) is 10.8. The summed E-state index contributed by atoms with van der Waals surface area (Å²) < 4.78 is 11.2. The summed E-state index contributed by atoms with van der Waals surface area (Å²) >= 11 is 3.41. The van der Waals surface area contributed by atoms with Gasteiger partial charge >= 0.3 is 0 Å². The van der Waals surface area contributed by atoms with Gasteiger partial charge in [0, 0.05) is 10.5 Å². The second-order valence-corrected chi connectivity index (χ2v) is 5.36. The number of anilines is 1. The minimum Gasteiger partial charge on any atom is -0.497 e. The van der Waals surface area contributed by atoms with E-state index in [2.05, 4.69) is 21.2 Å². The van der Waals surface area contributed by atoms with Crippen molar-refractivity contribution in [3.8, 4) is 11.5 Å². The van der Waals surface area contributed by atoms with Gasteiger partial charge < -0.3 is 14.8 Å². The van der Waals surface area contributed by atoms with Crippen LogP contribution in [0.25, 0.3) is 0 Å². The molecule has 0 radical (unpaired) electrons. The molecule has 21 heavy (non-hydrogen) atoms. The Kier molecular flexibility index (Phi) is 4.85. The third-order valence-corrected chi connectivity index (χ3v) is 3.68. The number of methoxy groups -OCH3 is 2. The average molecular weight is 350 g/mol. The number of amides is 1. The van der Waals surface area contributed by atoms with E-state index in [0.717, 1.165) is 10.0 Å². The predicted molar refractivity (Wildman–Crippen MR) is 86.4 cm³/mol. The zero-order valence-corrected chi connectivity index (χ0v) is 13.7. The third kappa shape index (κ3) is 3.55. The first-order valence-corrected chi connectivity index (χ1v) is 7.14. The minimum absolute atomic E-state index is 0.203. The lowest BCUT2D eigenvalue weighted by molar-refractivity contribution is 0.102. The van der Waals surface area contributed by atoms with Crippen LogP contribution in [-0.4, -0.2) is 20.1 Å². The van der Waals surface area contributed by atoms with E-state index >= 15 is 0 Å². The molecule has 5 heteroatoms. The van der Waals surface area contributed by atoms with Crippen molar-refractivity contribution in [3.05, 3.63) is 52.0 Å². The first-order chi connectivity index (χ1) is 10.0. The lowest BCUT2D eigenvalue weighted by atomic mass is 10.1. The molecular weight excluding hydrogens is 334 g/mol. The van der Waals surface area contributed by atoms with Crippen molar-refractivity contribution in [3.63, 3.8) is 0 Å². The van der Waals surface area contributed by atoms with Crippen molar-refractivity contribution in [2.24, 2.45) is 0 Å². The molecule has 0 spiro atoms. The molecule has 0 heterocycles. The molecule has 0 aliphatic heterocycles. The topological polar surface area (TPSA) is 47.6 Å². The molecule has 0 aromatic heterocycles. The zero-order chi connectivity index (χ0) is 15.4. The molecule has 0 bridgehead atoms. The van der Waals surface area contributed by atoms with Crippen molar-refractivity contribution in [1.82, 2.24) is 0 Å². The van der Waals surface area contributed by atoms with Gasteiger partial charge in [-0.1, -0.05) is 6.07 Å². The molecule has 0 saturated heterocycles. The zero-order valence-electron chi connectivity index (χ0n) is 12.1. The summed E-state index contributed by atoms with van der Waals surface area (Å²) in [6.07, 6.45) is 0. The van der Waals surface area contributed by atoms with Gasteiger partial charge in [-0.3, -0.25) is 4.79 Å². The molecule has 2 aromatic rings. The molecule has 1 N–H and O–H groups in total. The van der Waals surface area contributed by atoms with E-state index in [1.165, 1.54) is 0 Å². The third-order valence-electron chi connectivity index (χ3n) is 3.03. The van der Waals surface area contributed by atoms with Gasteiger partial charge in [0.2, 0.25) is 0 Å². The van der Waals surface area contributed by atoms with Gasteiger partial charge in [-0.25, -0.2) is 0 Å². The highest BCUT2D eigenvalue weighted by atomic mass is 79.9. The maximum absolute atomic E-state index is 12.3. The van der Waals surface area contributed by atoms with Crippen LogP contribution in [0, 0.1) is 6.92 Å². The number of carbonyl (C=O) groups is 1. The Bertz CT molecular complexity index is 671. The number of ether oxygens (including phenoxy) is 2. The first-order valence-electron chi connectivity index (χ1n) is 6.34. The molecule has 2 aromatic carbocycles. The normalized spacial score (nSPS) is 10.1. The van der Waals surface area contributed by atoms with Crippen LogP contribution >= 0.6 is 15.9 Å². The Morgan fingerprint density at radius 2 is 1.86 bits per heavy atom. The number of halogens is 1. The monoisotopic (exact) mass is 349 g/mol. The Morgan fingerprint density at radius 3 is 2.48 bits per heavy atom. The summed E-state index contributed by atoms with van der Waals surface area (Å²) in [5.74, 6) is 1.01. The first kappa shape index (κ1) is 15.4. The second-order valence-electron chi connectivity index (χ2n) is 4.50. The van der Waals surface area contributed by atoms with Gasteiger partial charge in [-0.2, -0.15) is 0 Å². The molecule has 0 aliphatic rings. The predicted octanol–water partition coefficient (Wildman–Crippen LogP) is 4.03. The SMILES string of the molecule is COc1ccc(NC(=O)c2ccc(C)cc2Br)c(OC)c1. The molecule has 2 rings (SSSR count). The van der Waals surface area contributed by atoms with Crippen LogP contribution < -0.4 is 14.8 Å². The molecule has 1 amide bonds. The minimum atomic E-state index is -0.203. The van der Waals surface area contributed by atoms with Crippen molar-refractivity contribution >= 4 is 27.5 Å². The fraction of sp³-hybridized carbons (Fsp3) is 0.188. The average Bonchev–Trinajstić information content (AvgIpc) is 2.47. The van der Waals surface area contributed by atoms with Gasteiger partial charge in [0.05, 0.1) is 25.5 Å². The summed E-state index contributed by atoms with van der Waals surface area (Å²) in [4.78, 5) is 12.3. The number of carbonyl (C=O) groups excluding carboxylic acids is 1. The molecule has 0 fully saturated rings. The van der Waals surface area contributed by atoms with Crippen molar-refractivity contribution < 1.29 is 14.3 Å². The Morgan fingerprint density at radius 1 is 1.10 bits per heavy atom. The van der Waals surface area contributed by atoms with Gasteiger partial charge in [0.1, 0.15) is 11.5 Å². The molecule has 0 unspecified atom stereocenters. The summed E-state index contributed by atoms with van der Waals surface area (Å²) in [5, 5.41) is 2.84. The van der Waals surface area contributed by atoms with Gasteiger partial charge in [0.25, 0.3) is 5.91 Å². The highest BCUT2D eigenvalue weighted by Gasteiger charge is 2.13. The van der Waals surface area contributed by atoms with Gasteiger partial charge in [0.15, 0.2) is 0 Å². The van der Waals surface area contributed by atoms with E-state index < -0.39 is 0 Å². The summed E-state index contributed by atoms with van der Waals surface area (Å²) in [5.41, 5.74) is 2.25. The van der Waals surface area contributed by atoms with Crippen LogP contribution in [0.5, 0.6) is 11.5 Å². The Labute approximate surface area is 132 Å². The fourth-order valence-corrected chi connectivity index (χ4v) is 2.57. The number of rotatable bonds is 4. The molecular formula is C16H16BrNO3. The number of benzene rings is 2. The fourth-order valence-electron chi connectivity index (χ4n) is 1.90. The lowest BCUT2D eigenvalue weighted by Gasteiger charge is -2.12.